The molecule has 1 saturated carbocycles. The van der Waals surface area contributed by atoms with Crippen molar-refractivity contribution < 1.29 is 10.0 Å². The van der Waals surface area contributed by atoms with Gasteiger partial charge in [-0.3, -0.25) is 0 Å². The van der Waals surface area contributed by atoms with Crippen LogP contribution in [0.1, 0.15) is 51.4 Å². The summed E-state index contributed by atoms with van der Waals surface area (Å²) in [7, 11) is 0. The van der Waals surface area contributed by atoms with Crippen LogP contribution in [0.2, 0.25) is 0 Å². The second-order valence-corrected chi connectivity index (χ2v) is 5.84. The molecule has 0 aromatic rings. The lowest BCUT2D eigenvalue weighted by Crippen LogP contribution is -2.50. The molecule has 114 valence electrons. The Hall–Kier alpha value is -1.46. The second kappa shape index (κ2) is 7.36. The van der Waals surface area contributed by atoms with Crippen LogP contribution < -0.4 is 5.73 Å². The Morgan fingerprint density at radius 1 is 1.15 bits per heavy atom. The number of carbonyl (C=O) groups is 1. The second-order valence-electron chi connectivity index (χ2n) is 5.84. The Balaban J connectivity index is 2.05. The molecule has 2 amide bonds. The van der Waals surface area contributed by atoms with Crippen molar-refractivity contribution in [1.29, 1.82) is 0 Å². The number of hydrogen-bond acceptors (Lipinski definition) is 3. The van der Waals surface area contributed by atoms with Crippen molar-refractivity contribution in [2.24, 2.45) is 10.9 Å². The highest BCUT2D eigenvalue weighted by atomic mass is 16.4. The van der Waals surface area contributed by atoms with Crippen molar-refractivity contribution in [2.45, 2.75) is 57.4 Å². The largest absolute Gasteiger partial charge is 0.409 e. The molecule has 0 radical (unpaired) electrons. The van der Waals surface area contributed by atoms with Crippen LogP contribution in [-0.2, 0) is 0 Å². The first-order valence-corrected chi connectivity index (χ1v) is 7.74. The van der Waals surface area contributed by atoms with E-state index in [1.165, 1.54) is 12.8 Å². The van der Waals surface area contributed by atoms with Gasteiger partial charge in [0.2, 0.25) is 0 Å². The fourth-order valence-corrected chi connectivity index (χ4v) is 3.22. The van der Waals surface area contributed by atoms with Gasteiger partial charge >= 0.3 is 6.03 Å². The van der Waals surface area contributed by atoms with Gasteiger partial charge in [-0.2, -0.15) is 0 Å². The molecule has 20 heavy (non-hydrogen) atoms. The molecule has 0 aromatic heterocycles. The van der Waals surface area contributed by atoms with Crippen molar-refractivity contribution in [1.82, 2.24) is 9.80 Å². The van der Waals surface area contributed by atoms with Crippen LogP contribution in [0.4, 0.5) is 4.79 Å². The van der Waals surface area contributed by atoms with Gasteiger partial charge in [0.25, 0.3) is 0 Å². The molecule has 2 rings (SSSR count). The highest BCUT2D eigenvalue weighted by Crippen LogP contribution is 2.25. The molecule has 1 heterocycles. The molecule has 0 unspecified atom stereocenters. The predicted molar refractivity (Wildman–Crippen MR) is 77.8 cm³/mol. The van der Waals surface area contributed by atoms with Crippen molar-refractivity contribution in [3.05, 3.63) is 0 Å². The van der Waals surface area contributed by atoms with Crippen molar-refractivity contribution >= 4 is 11.9 Å². The molecule has 1 aliphatic heterocycles. The number of nitrogens with two attached hydrogens (primary N) is 1. The summed E-state index contributed by atoms with van der Waals surface area (Å²) >= 11 is 0. The molecule has 0 atom stereocenters. The van der Waals surface area contributed by atoms with E-state index in [9.17, 15) is 4.79 Å². The molecular formula is C14H26N4O2. The Morgan fingerprint density at radius 2 is 1.75 bits per heavy atom. The van der Waals surface area contributed by atoms with Gasteiger partial charge in [-0.05, 0) is 25.7 Å². The smallest absolute Gasteiger partial charge is 0.320 e. The number of urea groups is 1. The third-order valence-electron chi connectivity index (χ3n) is 4.35. The van der Waals surface area contributed by atoms with Crippen molar-refractivity contribution in [3.8, 4) is 0 Å². The number of amides is 2. The van der Waals surface area contributed by atoms with Gasteiger partial charge in [0.15, 0.2) is 5.84 Å². The van der Waals surface area contributed by atoms with E-state index in [2.05, 4.69) is 5.16 Å². The van der Waals surface area contributed by atoms with E-state index in [0.29, 0.717) is 0 Å². The summed E-state index contributed by atoms with van der Waals surface area (Å²) in [5.74, 6) is 0.111. The molecule has 3 N–H and O–H groups in total. The van der Waals surface area contributed by atoms with E-state index in [1.807, 2.05) is 9.80 Å². The molecule has 2 fully saturated rings. The standard InChI is InChI=1S/C14H26N4O2/c15-13(16-20)11-18(12-7-3-4-8-12)14(19)17-9-5-1-2-6-10-17/h12,20H,1-11H2,(H2,15,16). The number of rotatable bonds is 3. The molecule has 1 aliphatic carbocycles. The van der Waals surface area contributed by atoms with E-state index in [0.717, 1.165) is 51.6 Å². The van der Waals surface area contributed by atoms with Gasteiger partial charge in [-0.25, -0.2) is 4.79 Å². The highest BCUT2D eigenvalue weighted by molar-refractivity contribution is 5.86. The molecule has 6 nitrogen and oxygen atoms in total. The zero-order valence-electron chi connectivity index (χ0n) is 12.1. The third-order valence-corrected chi connectivity index (χ3v) is 4.35. The molecule has 6 heteroatoms. The molecule has 2 aliphatic rings. The van der Waals surface area contributed by atoms with Crippen LogP contribution in [0.3, 0.4) is 0 Å². The molecule has 1 saturated heterocycles. The average molecular weight is 282 g/mol. The maximum absolute atomic E-state index is 12.7. The predicted octanol–water partition coefficient (Wildman–Crippen LogP) is 1.97. The first kappa shape index (κ1) is 14.9. The molecular weight excluding hydrogens is 256 g/mol. The Kier molecular flexibility index (Phi) is 5.49. The number of oxime groups is 1. The van der Waals surface area contributed by atoms with Crippen molar-refractivity contribution in [2.75, 3.05) is 19.6 Å². The number of hydrogen-bond donors (Lipinski definition) is 2. The zero-order chi connectivity index (χ0) is 14.4. The fraction of sp³-hybridized carbons (Fsp3) is 0.857. The van der Waals surface area contributed by atoms with Crippen LogP contribution in [0, 0.1) is 0 Å². The monoisotopic (exact) mass is 282 g/mol. The minimum Gasteiger partial charge on any atom is -0.409 e. The van der Waals surface area contributed by atoms with Gasteiger partial charge in [-0.15, -0.1) is 0 Å². The third kappa shape index (κ3) is 3.77. The van der Waals surface area contributed by atoms with Gasteiger partial charge < -0.3 is 20.7 Å². The summed E-state index contributed by atoms with van der Waals surface area (Å²) in [6.07, 6.45) is 8.92. The summed E-state index contributed by atoms with van der Waals surface area (Å²) in [5, 5.41) is 11.8. The van der Waals surface area contributed by atoms with Crippen LogP contribution >= 0.6 is 0 Å². The molecule has 0 spiro atoms. The maximum atomic E-state index is 12.7. The lowest BCUT2D eigenvalue weighted by molar-refractivity contribution is 0.142. The summed E-state index contributed by atoms with van der Waals surface area (Å²) in [6, 6.07) is 0.302. The SMILES string of the molecule is NC(CN(C(=O)N1CCCCCC1)C1CCCC1)=NO. The van der Waals surface area contributed by atoms with E-state index in [-0.39, 0.29) is 24.5 Å². The summed E-state index contributed by atoms with van der Waals surface area (Å²) in [6.45, 7) is 1.90. The summed E-state index contributed by atoms with van der Waals surface area (Å²) in [5.41, 5.74) is 5.63. The zero-order valence-corrected chi connectivity index (χ0v) is 12.1. The first-order chi connectivity index (χ1) is 9.72. The molecule has 0 aromatic carbocycles. The van der Waals surface area contributed by atoms with Crippen LogP contribution in [0.15, 0.2) is 5.16 Å². The minimum atomic E-state index is 0.0606. The average Bonchev–Trinajstić information content (AvgIpc) is 2.85. The maximum Gasteiger partial charge on any atom is 0.320 e. The number of likely N-dealkylation sites (tertiary alicyclic amines) is 1. The number of amidine groups is 1. The Morgan fingerprint density at radius 3 is 2.30 bits per heavy atom. The summed E-state index contributed by atoms with van der Waals surface area (Å²) in [4.78, 5) is 16.5. The lowest BCUT2D eigenvalue weighted by Gasteiger charge is -2.33. The first-order valence-electron chi connectivity index (χ1n) is 7.74. The van der Waals surface area contributed by atoms with E-state index < -0.39 is 0 Å². The van der Waals surface area contributed by atoms with E-state index >= 15 is 0 Å². The van der Waals surface area contributed by atoms with Gasteiger partial charge in [0, 0.05) is 19.1 Å². The quantitative estimate of drug-likeness (QED) is 0.359. The topological polar surface area (TPSA) is 82.2 Å². The van der Waals surface area contributed by atoms with Crippen LogP contribution in [-0.4, -0.2) is 52.5 Å². The van der Waals surface area contributed by atoms with Gasteiger partial charge in [0.1, 0.15) is 0 Å². The fourth-order valence-electron chi connectivity index (χ4n) is 3.22. The number of carbonyl (C=O) groups excluding carboxylic acids is 1. The van der Waals surface area contributed by atoms with E-state index in [4.69, 9.17) is 10.9 Å². The Labute approximate surface area is 120 Å². The molecule has 0 bridgehead atoms. The minimum absolute atomic E-state index is 0.0606. The van der Waals surface area contributed by atoms with Gasteiger partial charge in [-0.1, -0.05) is 30.8 Å². The Bertz CT molecular complexity index is 345. The van der Waals surface area contributed by atoms with Crippen LogP contribution in [0.25, 0.3) is 0 Å². The lowest BCUT2D eigenvalue weighted by atomic mass is 10.2. The number of nitrogens with zero attached hydrogens (tertiary/aromatic N) is 3. The normalized spacial score (nSPS) is 21.8. The summed E-state index contributed by atoms with van der Waals surface area (Å²) < 4.78 is 0. The highest BCUT2D eigenvalue weighted by Gasteiger charge is 2.30. The van der Waals surface area contributed by atoms with Crippen LogP contribution in [0.5, 0.6) is 0 Å². The van der Waals surface area contributed by atoms with Crippen molar-refractivity contribution in [3.63, 3.8) is 0 Å². The van der Waals surface area contributed by atoms with E-state index in [1.54, 1.807) is 0 Å². The van der Waals surface area contributed by atoms with Gasteiger partial charge in [0.05, 0.1) is 6.54 Å².